The number of nitrogens with zero attached hydrogens (tertiary/aromatic N) is 4. The highest BCUT2D eigenvalue weighted by Crippen LogP contribution is 2.45. The van der Waals surface area contributed by atoms with Gasteiger partial charge in [-0.1, -0.05) is 36.6 Å². The van der Waals surface area contributed by atoms with Gasteiger partial charge in [-0.2, -0.15) is 5.26 Å². The van der Waals surface area contributed by atoms with Crippen LogP contribution in [0.2, 0.25) is 5.02 Å². The van der Waals surface area contributed by atoms with Crippen LogP contribution in [0, 0.1) is 17.2 Å². The molecule has 1 aliphatic heterocycles. The molecule has 11 heteroatoms. The number of anilines is 1. The van der Waals surface area contributed by atoms with Gasteiger partial charge in [0.2, 0.25) is 11.8 Å². The second kappa shape index (κ2) is 10.5. The van der Waals surface area contributed by atoms with E-state index < -0.39 is 15.4 Å². The topological polar surface area (TPSA) is 129 Å². The lowest BCUT2D eigenvalue weighted by Crippen LogP contribution is -2.42. The number of amides is 1. The van der Waals surface area contributed by atoms with Crippen LogP contribution in [0.1, 0.15) is 50.2 Å². The van der Waals surface area contributed by atoms with Crippen LogP contribution >= 0.6 is 11.6 Å². The van der Waals surface area contributed by atoms with Gasteiger partial charge in [0.05, 0.1) is 28.2 Å². The average Bonchev–Trinajstić information content (AvgIpc) is 3.59. The van der Waals surface area contributed by atoms with E-state index in [1.54, 1.807) is 18.5 Å². The number of halogens is 1. The summed E-state index contributed by atoms with van der Waals surface area (Å²) in [7, 11) is -2.97. The zero-order valence-electron chi connectivity index (χ0n) is 22.0. The Bertz CT molecular complexity index is 1560. The minimum absolute atomic E-state index is 0.104. The van der Waals surface area contributed by atoms with E-state index in [2.05, 4.69) is 21.3 Å². The standard InChI is InChI=1S/C29H30ClN5O4S/c30-21-15-20(16-32-17-21)28-33-25(19-5-7-22(8-6-19)35-11-13-40(37,38)14-12-35)26(39-28)23-3-1-2-4-24(23)27(36)34-29(18-31)9-10-29/h5-8,15-17,23-24H,1-4,9-14H2,(H,34,36). The summed E-state index contributed by atoms with van der Waals surface area (Å²) >= 11 is 6.21. The minimum Gasteiger partial charge on any atom is -0.440 e. The van der Waals surface area contributed by atoms with Crippen LogP contribution in [-0.2, 0) is 14.6 Å². The maximum absolute atomic E-state index is 13.4. The number of nitrogens with one attached hydrogen (secondary N) is 1. The van der Waals surface area contributed by atoms with E-state index in [-0.39, 0.29) is 29.2 Å². The first kappa shape index (κ1) is 26.8. The van der Waals surface area contributed by atoms with E-state index in [9.17, 15) is 18.5 Å². The molecule has 2 atom stereocenters. The number of hydrogen-bond donors (Lipinski definition) is 1. The maximum Gasteiger partial charge on any atom is 0.228 e. The second-order valence-corrected chi connectivity index (χ2v) is 13.7. The maximum atomic E-state index is 13.4. The number of sulfone groups is 1. The molecule has 0 radical (unpaired) electrons. The number of nitriles is 1. The SMILES string of the molecule is N#CC1(NC(=O)C2CCCCC2c2oc(-c3cncc(Cl)c3)nc2-c2ccc(N3CCS(=O)(=O)CC3)cc2)CC1. The molecule has 3 heterocycles. The molecule has 3 fully saturated rings. The molecule has 1 saturated heterocycles. The van der Waals surface area contributed by atoms with Crippen molar-refractivity contribution >= 4 is 33.0 Å². The van der Waals surface area contributed by atoms with Crippen LogP contribution in [0.4, 0.5) is 5.69 Å². The van der Waals surface area contributed by atoms with Crippen molar-refractivity contribution in [3.05, 3.63) is 53.5 Å². The molecule has 1 aromatic carbocycles. The molecule has 40 heavy (non-hydrogen) atoms. The summed E-state index contributed by atoms with van der Waals surface area (Å²) in [6.07, 6.45) is 7.93. The molecule has 2 unspecified atom stereocenters. The quantitative estimate of drug-likeness (QED) is 0.443. The van der Waals surface area contributed by atoms with E-state index in [1.807, 2.05) is 24.3 Å². The lowest BCUT2D eigenvalue weighted by Gasteiger charge is -2.30. The summed E-state index contributed by atoms with van der Waals surface area (Å²) in [5.41, 5.74) is 2.36. The summed E-state index contributed by atoms with van der Waals surface area (Å²) in [6.45, 7) is 0.928. The Kier molecular flexibility index (Phi) is 7.05. The highest BCUT2D eigenvalue weighted by molar-refractivity contribution is 7.91. The van der Waals surface area contributed by atoms with E-state index in [0.717, 1.165) is 30.5 Å². The predicted molar refractivity (Wildman–Crippen MR) is 151 cm³/mol. The molecular weight excluding hydrogens is 550 g/mol. The number of rotatable bonds is 6. The number of carbonyl (C=O) groups excluding carboxylic acids is 1. The molecule has 208 valence electrons. The van der Waals surface area contributed by atoms with Gasteiger partial charge in [0.1, 0.15) is 17.0 Å². The minimum atomic E-state index is -2.97. The summed E-state index contributed by atoms with van der Waals surface area (Å²) in [5, 5.41) is 13.0. The molecule has 2 saturated carbocycles. The molecule has 6 rings (SSSR count). The van der Waals surface area contributed by atoms with Crippen LogP contribution in [0.25, 0.3) is 22.7 Å². The highest BCUT2D eigenvalue weighted by atomic mass is 35.5. The van der Waals surface area contributed by atoms with Crippen molar-refractivity contribution in [1.29, 1.82) is 5.26 Å². The first-order chi connectivity index (χ1) is 19.3. The third kappa shape index (κ3) is 5.45. The predicted octanol–water partition coefficient (Wildman–Crippen LogP) is 4.74. The summed E-state index contributed by atoms with van der Waals surface area (Å²) in [6, 6.07) is 11.9. The Morgan fingerprint density at radius 2 is 1.82 bits per heavy atom. The van der Waals surface area contributed by atoms with Crippen LogP contribution in [0.3, 0.4) is 0 Å². The average molecular weight is 580 g/mol. The molecular formula is C29H30ClN5O4S. The lowest BCUT2D eigenvalue weighted by atomic mass is 9.76. The van der Waals surface area contributed by atoms with Gasteiger partial charge in [0.15, 0.2) is 9.84 Å². The molecule has 3 aromatic rings. The number of hydrogen-bond acceptors (Lipinski definition) is 8. The smallest absolute Gasteiger partial charge is 0.228 e. The molecule has 0 bridgehead atoms. The van der Waals surface area contributed by atoms with Gasteiger partial charge < -0.3 is 14.6 Å². The molecule has 0 spiro atoms. The third-order valence-corrected chi connectivity index (χ3v) is 10.0. The van der Waals surface area contributed by atoms with Gasteiger partial charge in [-0.25, -0.2) is 13.4 Å². The van der Waals surface area contributed by atoms with Crippen molar-refractivity contribution in [2.45, 2.75) is 50.0 Å². The molecule has 1 N–H and O–H groups in total. The normalized spacial score (nSPS) is 23.2. The van der Waals surface area contributed by atoms with Gasteiger partial charge in [-0.3, -0.25) is 9.78 Å². The monoisotopic (exact) mass is 579 g/mol. The summed E-state index contributed by atoms with van der Waals surface area (Å²) < 4.78 is 30.2. The van der Waals surface area contributed by atoms with Crippen LogP contribution in [0.15, 0.2) is 47.1 Å². The Morgan fingerprint density at radius 3 is 2.50 bits per heavy atom. The van der Waals surface area contributed by atoms with E-state index in [0.29, 0.717) is 60.3 Å². The Labute approximate surface area is 238 Å². The molecule has 2 aromatic heterocycles. The number of carbonyl (C=O) groups is 1. The largest absolute Gasteiger partial charge is 0.440 e. The molecule has 3 aliphatic rings. The number of pyridine rings is 1. The van der Waals surface area contributed by atoms with Crippen molar-refractivity contribution in [3.8, 4) is 28.8 Å². The second-order valence-electron chi connectivity index (χ2n) is 11.0. The molecule has 1 amide bonds. The van der Waals surface area contributed by atoms with E-state index >= 15 is 0 Å². The van der Waals surface area contributed by atoms with Crippen LogP contribution < -0.4 is 10.2 Å². The Morgan fingerprint density at radius 1 is 1.10 bits per heavy atom. The number of oxazole rings is 1. The Hall–Kier alpha value is -3.42. The zero-order chi connectivity index (χ0) is 27.9. The first-order valence-electron chi connectivity index (χ1n) is 13.7. The fourth-order valence-corrected chi connectivity index (χ4v) is 7.10. The summed E-state index contributed by atoms with van der Waals surface area (Å²) in [4.78, 5) is 24.6. The van der Waals surface area contributed by atoms with Crippen molar-refractivity contribution in [2.75, 3.05) is 29.5 Å². The molecule has 2 aliphatic carbocycles. The van der Waals surface area contributed by atoms with Gasteiger partial charge in [-0.15, -0.1) is 0 Å². The van der Waals surface area contributed by atoms with Crippen molar-refractivity contribution < 1.29 is 17.6 Å². The Balaban J connectivity index is 1.35. The van der Waals surface area contributed by atoms with Crippen molar-refractivity contribution in [1.82, 2.24) is 15.3 Å². The van der Waals surface area contributed by atoms with Gasteiger partial charge in [0.25, 0.3) is 0 Å². The fourth-order valence-electron chi connectivity index (χ4n) is 5.72. The van der Waals surface area contributed by atoms with Crippen molar-refractivity contribution in [3.63, 3.8) is 0 Å². The van der Waals surface area contributed by atoms with Crippen LogP contribution in [-0.4, -0.2) is 54.4 Å². The van der Waals surface area contributed by atoms with E-state index in [1.165, 1.54) is 0 Å². The lowest BCUT2D eigenvalue weighted by molar-refractivity contribution is -0.127. The first-order valence-corrected chi connectivity index (χ1v) is 15.9. The fraction of sp³-hybridized carbons (Fsp3) is 0.448. The molecule has 9 nitrogen and oxygen atoms in total. The van der Waals surface area contributed by atoms with Crippen LogP contribution in [0.5, 0.6) is 0 Å². The van der Waals surface area contributed by atoms with Gasteiger partial charge >= 0.3 is 0 Å². The zero-order valence-corrected chi connectivity index (χ0v) is 23.5. The third-order valence-electron chi connectivity index (χ3n) is 8.22. The number of benzene rings is 1. The highest BCUT2D eigenvalue weighted by Gasteiger charge is 2.47. The van der Waals surface area contributed by atoms with Gasteiger partial charge in [0, 0.05) is 48.6 Å². The van der Waals surface area contributed by atoms with Crippen molar-refractivity contribution in [2.24, 2.45) is 5.92 Å². The number of aromatic nitrogens is 2. The summed E-state index contributed by atoms with van der Waals surface area (Å²) in [5.74, 6) is 0.700. The van der Waals surface area contributed by atoms with E-state index in [4.69, 9.17) is 21.0 Å². The van der Waals surface area contributed by atoms with Gasteiger partial charge in [-0.05, 0) is 43.9 Å².